The molecule has 9 nitrogen and oxygen atoms in total. The molecule has 0 atom stereocenters. The number of amides is 1. The highest BCUT2D eigenvalue weighted by Crippen LogP contribution is 2.27. The first-order valence-corrected chi connectivity index (χ1v) is 10.6. The van der Waals surface area contributed by atoms with E-state index in [0.29, 0.717) is 17.7 Å². The molecular weight excluding hydrogens is 392 g/mol. The highest BCUT2D eigenvalue weighted by Gasteiger charge is 2.17. The largest absolute Gasteiger partial charge is 0.355 e. The maximum Gasteiger partial charge on any atom is 0.332 e. The van der Waals surface area contributed by atoms with E-state index in [4.69, 9.17) is 4.98 Å². The summed E-state index contributed by atoms with van der Waals surface area (Å²) in [6.45, 7) is 0.171. The van der Waals surface area contributed by atoms with Crippen molar-refractivity contribution in [2.45, 2.75) is 45.1 Å². The molecule has 1 aliphatic rings. The molecule has 0 aromatic carbocycles. The van der Waals surface area contributed by atoms with Gasteiger partial charge in [0, 0.05) is 31.9 Å². The van der Waals surface area contributed by atoms with Gasteiger partial charge in [0.2, 0.25) is 5.91 Å². The molecule has 1 aliphatic carbocycles. The summed E-state index contributed by atoms with van der Waals surface area (Å²) in [5, 5.41) is 3.92. The number of hydrogen-bond acceptors (Lipinski definition) is 6. The second kappa shape index (κ2) is 7.94. The van der Waals surface area contributed by atoms with Crippen LogP contribution in [0.4, 0.5) is 0 Å². The quantitative estimate of drug-likeness (QED) is 0.590. The molecule has 0 unspecified atom stereocenters. The first-order chi connectivity index (χ1) is 14.0. The van der Waals surface area contributed by atoms with Crippen molar-refractivity contribution >= 4 is 28.4 Å². The van der Waals surface area contributed by atoms with Crippen LogP contribution in [0.2, 0.25) is 0 Å². The van der Waals surface area contributed by atoms with E-state index in [1.54, 1.807) is 30.0 Å². The lowest BCUT2D eigenvalue weighted by Crippen LogP contribution is -2.43. The molecule has 0 saturated heterocycles. The van der Waals surface area contributed by atoms with Crippen molar-refractivity contribution in [3.05, 3.63) is 42.7 Å². The molecule has 1 N–H and O–H groups in total. The minimum Gasteiger partial charge on any atom is -0.355 e. The van der Waals surface area contributed by atoms with E-state index in [2.05, 4.69) is 10.3 Å². The van der Waals surface area contributed by atoms with Gasteiger partial charge in [0.15, 0.2) is 11.2 Å². The highest BCUT2D eigenvalue weighted by atomic mass is 32.1. The van der Waals surface area contributed by atoms with Crippen LogP contribution in [0.25, 0.3) is 11.2 Å². The Labute approximate surface area is 171 Å². The van der Waals surface area contributed by atoms with Crippen LogP contribution in [0.15, 0.2) is 15.9 Å². The molecule has 154 valence electrons. The van der Waals surface area contributed by atoms with Crippen molar-refractivity contribution in [2.24, 2.45) is 14.1 Å². The third-order valence-corrected chi connectivity index (χ3v) is 6.50. The van der Waals surface area contributed by atoms with Gasteiger partial charge in [0.1, 0.15) is 6.54 Å². The van der Waals surface area contributed by atoms with Gasteiger partial charge >= 0.3 is 5.69 Å². The van der Waals surface area contributed by atoms with Crippen molar-refractivity contribution in [3.63, 3.8) is 0 Å². The minimum atomic E-state index is -0.551. The topological polar surface area (TPSA) is 104 Å². The Kier molecular flexibility index (Phi) is 5.35. The standard InChI is InChI=1S/C19H24N6O3S/c1-23-11-21-17-16(23)18(27)25(19(28)24(17)2)10-14(26)20-9-5-8-15-22-12-6-3-4-7-13(12)29-15/h11H,3-10H2,1-2H3,(H,20,26). The molecule has 3 aromatic rings. The second-order valence-electron chi connectivity index (χ2n) is 7.40. The van der Waals surface area contributed by atoms with Gasteiger partial charge in [-0.15, -0.1) is 11.3 Å². The molecule has 3 heterocycles. The normalized spacial score (nSPS) is 13.6. The van der Waals surface area contributed by atoms with Crippen molar-refractivity contribution in [3.8, 4) is 0 Å². The van der Waals surface area contributed by atoms with Crippen LogP contribution in [0.3, 0.4) is 0 Å². The summed E-state index contributed by atoms with van der Waals surface area (Å²) in [4.78, 5) is 47.6. The van der Waals surface area contributed by atoms with Crippen LogP contribution < -0.4 is 16.6 Å². The van der Waals surface area contributed by atoms with Gasteiger partial charge in [-0.25, -0.2) is 19.3 Å². The predicted molar refractivity (Wildman–Crippen MR) is 110 cm³/mol. The molecule has 10 heteroatoms. The Morgan fingerprint density at radius 3 is 2.83 bits per heavy atom. The van der Waals surface area contributed by atoms with Crippen LogP contribution in [-0.2, 0) is 44.7 Å². The number of hydrogen-bond donors (Lipinski definition) is 1. The third-order valence-electron chi connectivity index (χ3n) is 5.28. The average molecular weight is 417 g/mol. The SMILES string of the molecule is Cn1cnc2c1c(=O)n(CC(=O)NCCCc1nc3c(s1)CCCC3)c(=O)n2C. The van der Waals surface area contributed by atoms with Crippen molar-refractivity contribution in [2.75, 3.05) is 6.54 Å². The van der Waals surface area contributed by atoms with Crippen molar-refractivity contribution in [1.29, 1.82) is 0 Å². The number of carbonyl (C=O) groups is 1. The van der Waals surface area contributed by atoms with Gasteiger partial charge in [-0.05, 0) is 32.1 Å². The smallest absolute Gasteiger partial charge is 0.332 e. The number of aromatic nitrogens is 5. The summed E-state index contributed by atoms with van der Waals surface area (Å²) in [6, 6.07) is 0. The minimum absolute atomic E-state index is 0.299. The zero-order valence-electron chi connectivity index (χ0n) is 16.6. The molecule has 1 amide bonds. The number of carbonyl (C=O) groups excluding carboxylic acids is 1. The molecule has 0 saturated carbocycles. The second-order valence-corrected chi connectivity index (χ2v) is 8.57. The van der Waals surface area contributed by atoms with Gasteiger partial charge in [-0.3, -0.25) is 14.2 Å². The van der Waals surface area contributed by atoms with Crippen LogP contribution in [-0.4, -0.2) is 36.1 Å². The summed E-state index contributed by atoms with van der Waals surface area (Å²) in [7, 11) is 3.22. The Morgan fingerprint density at radius 2 is 2.03 bits per heavy atom. The van der Waals surface area contributed by atoms with E-state index in [-0.39, 0.29) is 12.5 Å². The van der Waals surface area contributed by atoms with Gasteiger partial charge < -0.3 is 9.88 Å². The van der Waals surface area contributed by atoms with Gasteiger partial charge in [-0.2, -0.15) is 0 Å². The third kappa shape index (κ3) is 3.76. The summed E-state index contributed by atoms with van der Waals surface area (Å²) >= 11 is 1.78. The summed E-state index contributed by atoms with van der Waals surface area (Å²) in [5.41, 5.74) is 0.801. The number of rotatable bonds is 6. The van der Waals surface area contributed by atoms with Crippen LogP contribution >= 0.6 is 11.3 Å². The summed E-state index contributed by atoms with van der Waals surface area (Å²) in [5.74, 6) is -0.357. The van der Waals surface area contributed by atoms with Crippen LogP contribution in [0.1, 0.15) is 34.8 Å². The molecule has 0 bridgehead atoms. The lowest BCUT2D eigenvalue weighted by molar-refractivity contribution is -0.121. The van der Waals surface area contributed by atoms with Gasteiger partial charge in [0.25, 0.3) is 5.56 Å². The Balaban J connectivity index is 1.36. The fraction of sp³-hybridized carbons (Fsp3) is 0.526. The molecule has 4 rings (SSSR count). The van der Waals surface area contributed by atoms with E-state index in [1.165, 1.54) is 34.3 Å². The van der Waals surface area contributed by atoms with E-state index in [0.717, 1.165) is 35.3 Å². The number of imidazole rings is 1. The summed E-state index contributed by atoms with van der Waals surface area (Å²) in [6.07, 6.45) is 7.74. The lowest BCUT2D eigenvalue weighted by Gasteiger charge is -2.09. The molecule has 0 aliphatic heterocycles. The molecule has 0 radical (unpaired) electrons. The van der Waals surface area contributed by atoms with Crippen molar-refractivity contribution in [1.82, 2.24) is 29.0 Å². The predicted octanol–water partition coefficient (Wildman–Crippen LogP) is 0.518. The number of nitrogens with one attached hydrogen (secondary N) is 1. The number of thiazole rings is 1. The highest BCUT2D eigenvalue weighted by molar-refractivity contribution is 7.11. The zero-order chi connectivity index (χ0) is 20.5. The van der Waals surface area contributed by atoms with Gasteiger partial charge in [-0.1, -0.05) is 0 Å². The molecule has 3 aromatic heterocycles. The zero-order valence-corrected chi connectivity index (χ0v) is 17.4. The molecular formula is C19H24N6O3S. The van der Waals surface area contributed by atoms with Crippen LogP contribution in [0.5, 0.6) is 0 Å². The monoisotopic (exact) mass is 416 g/mol. The van der Waals surface area contributed by atoms with Gasteiger partial charge in [0.05, 0.1) is 17.0 Å². The fourth-order valence-electron chi connectivity index (χ4n) is 3.71. The lowest BCUT2D eigenvalue weighted by atomic mass is 10.0. The Hall–Kier alpha value is -2.75. The number of fused-ring (bicyclic) bond motifs is 2. The molecule has 0 spiro atoms. The summed E-state index contributed by atoms with van der Waals surface area (Å²) < 4.78 is 3.79. The Morgan fingerprint density at radius 1 is 1.24 bits per heavy atom. The number of aryl methyl sites for hydroxylation is 5. The van der Waals surface area contributed by atoms with E-state index < -0.39 is 11.2 Å². The van der Waals surface area contributed by atoms with Crippen LogP contribution in [0, 0.1) is 0 Å². The van der Waals surface area contributed by atoms with Crippen molar-refractivity contribution < 1.29 is 4.79 Å². The van der Waals surface area contributed by atoms with E-state index in [9.17, 15) is 14.4 Å². The number of nitrogens with zero attached hydrogens (tertiary/aromatic N) is 5. The first kappa shape index (κ1) is 19.6. The maximum absolute atomic E-state index is 12.6. The molecule has 29 heavy (non-hydrogen) atoms. The first-order valence-electron chi connectivity index (χ1n) is 9.80. The fourth-order valence-corrected chi connectivity index (χ4v) is 4.91. The Bertz CT molecular complexity index is 1160. The van der Waals surface area contributed by atoms with E-state index in [1.807, 2.05) is 0 Å². The average Bonchev–Trinajstić information content (AvgIpc) is 3.30. The van der Waals surface area contributed by atoms with E-state index >= 15 is 0 Å². The maximum atomic E-state index is 12.6. The molecule has 0 fully saturated rings.